The van der Waals surface area contributed by atoms with Crippen LogP contribution in [-0.4, -0.2) is 29.3 Å². The van der Waals surface area contributed by atoms with Crippen LogP contribution in [0.1, 0.15) is 34.1 Å². The molecule has 0 unspecified atom stereocenters. The average Bonchev–Trinajstić information content (AvgIpc) is 3.36. The molecule has 0 atom stereocenters. The molecule has 194 valence electrons. The van der Waals surface area contributed by atoms with Gasteiger partial charge in [-0.15, -0.1) is 0 Å². The van der Waals surface area contributed by atoms with E-state index in [0.29, 0.717) is 11.1 Å². The van der Waals surface area contributed by atoms with Gasteiger partial charge < -0.3 is 19.3 Å². The van der Waals surface area contributed by atoms with E-state index < -0.39 is 0 Å². The molecule has 0 amide bonds. The largest absolute Gasteiger partial charge is 0.507 e. The first-order valence-electron chi connectivity index (χ1n) is 12.6. The molecule has 38 heavy (non-hydrogen) atoms. The van der Waals surface area contributed by atoms with Crippen LogP contribution in [0.3, 0.4) is 0 Å². The molecular weight excluding hydrogens is 655 g/mol. The average molecular weight is 684 g/mol. The molecule has 1 aliphatic rings. The maximum absolute atomic E-state index is 10.5. The quantitative estimate of drug-likeness (QED) is 0.203. The van der Waals surface area contributed by atoms with E-state index in [-0.39, 0.29) is 43.6 Å². The van der Waals surface area contributed by atoms with Crippen LogP contribution in [0.15, 0.2) is 72.8 Å². The van der Waals surface area contributed by atoms with Gasteiger partial charge in [-0.3, -0.25) is 0 Å². The number of rotatable bonds is 2. The third kappa shape index (κ3) is 3.29. The Hall–Kier alpha value is -3.63. The van der Waals surface area contributed by atoms with Crippen LogP contribution in [0, 0.1) is 0 Å². The molecule has 1 aliphatic heterocycles. The van der Waals surface area contributed by atoms with Gasteiger partial charge in [-0.1, -0.05) is 24.3 Å². The smallest absolute Gasteiger partial charge is 0.126 e. The van der Waals surface area contributed by atoms with E-state index in [2.05, 4.69) is 49.0 Å². The number of fused-ring (bicyclic) bond motifs is 6. The molecule has 0 radical (unpaired) electrons. The number of phenols is 2. The number of nitrogens with zero attached hydrogens (tertiary/aromatic N) is 4. The Balaban J connectivity index is 0.00000264. The Morgan fingerprint density at radius 2 is 1.05 bits per heavy atom. The van der Waals surface area contributed by atoms with E-state index >= 15 is 0 Å². The minimum Gasteiger partial charge on any atom is -0.507 e. The number of aromatic nitrogens is 4. The fourth-order valence-electron chi connectivity index (χ4n) is 6.63. The Morgan fingerprint density at radius 1 is 0.632 bits per heavy atom. The first-order valence-corrected chi connectivity index (χ1v) is 12.6. The Labute approximate surface area is 234 Å². The summed E-state index contributed by atoms with van der Waals surface area (Å²) < 4.78 is 4.82. The van der Waals surface area contributed by atoms with Gasteiger partial charge >= 0.3 is 0 Å². The zero-order valence-corrected chi connectivity index (χ0v) is 23.9. The summed E-state index contributed by atoms with van der Waals surface area (Å²) in [4.78, 5) is 10.3. The van der Waals surface area contributed by atoms with E-state index in [1.807, 2.05) is 48.5 Å². The second kappa shape index (κ2) is 8.18. The van der Waals surface area contributed by atoms with Gasteiger partial charge in [0.15, 0.2) is 0 Å². The summed E-state index contributed by atoms with van der Waals surface area (Å²) in [5.74, 6) is 0.413. The molecule has 4 aromatic heterocycles. The molecule has 6 nitrogen and oxygen atoms in total. The third-order valence-electron chi connectivity index (χ3n) is 7.79. The van der Waals surface area contributed by atoms with E-state index in [1.165, 1.54) is 0 Å². The molecule has 7 heteroatoms. The van der Waals surface area contributed by atoms with Gasteiger partial charge in [0.2, 0.25) is 0 Å². The number of hydrogen-bond donors (Lipinski definition) is 2. The van der Waals surface area contributed by atoms with Crippen LogP contribution in [0.25, 0.3) is 55.6 Å². The van der Waals surface area contributed by atoms with Crippen molar-refractivity contribution in [3.63, 3.8) is 0 Å². The first-order chi connectivity index (χ1) is 17.7. The standard InChI is InChI=1S/C31H28N4O2.Pt/c1-30(2)17-31(3,4)35-23-16-14-21(19-10-6-8-12-25(19)37)33-28(23)26-27-22(34(30)29(26)35)15-13-20(32-27)18-9-5-7-11-24(18)36;/h5-16,36-37H,17H2,1-4H3;. The van der Waals surface area contributed by atoms with Crippen molar-refractivity contribution in [1.82, 2.24) is 19.1 Å². The molecule has 2 aromatic carbocycles. The SMILES string of the molecule is CC1(C)CC(C)(C)n2c3ccc(-c4ccccc4O)nc3c3c4nc(-c5ccccc5O)ccc4n1c32.[Pt]. The molecule has 0 saturated carbocycles. The molecule has 0 aliphatic carbocycles. The minimum absolute atomic E-state index is 0. The monoisotopic (exact) mass is 683 g/mol. The van der Waals surface area contributed by atoms with Gasteiger partial charge in [-0.05, 0) is 82.6 Å². The maximum atomic E-state index is 10.5. The van der Waals surface area contributed by atoms with Gasteiger partial charge in [0.05, 0.1) is 27.8 Å². The van der Waals surface area contributed by atoms with Crippen molar-refractivity contribution in [3.05, 3.63) is 72.8 Å². The summed E-state index contributed by atoms with van der Waals surface area (Å²) in [6.07, 6.45) is 0.943. The molecular formula is C31H28N4O2Pt. The molecule has 2 N–H and O–H groups in total. The van der Waals surface area contributed by atoms with E-state index in [1.54, 1.807) is 12.1 Å². The fraction of sp³-hybridized carbons (Fsp3) is 0.226. The van der Waals surface area contributed by atoms with Crippen molar-refractivity contribution < 1.29 is 31.3 Å². The zero-order chi connectivity index (χ0) is 25.7. The van der Waals surface area contributed by atoms with Crippen molar-refractivity contribution in [3.8, 4) is 34.0 Å². The summed E-state index contributed by atoms with van der Waals surface area (Å²) in [7, 11) is 0. The van der Waals surface area contributed by atoms with Crippen LogP contribution in [0.4, 0.5) is 0 Å². The molecule has 0 saturated heterocycles. The number of benzene rings is 2. The van der Waals surface area contributed by atoms with Gasteiger partial charge in [-0.25, -0.2) is 9.97 Å². The molecule has 0 fully saturated rings. The maximum Gasteiger partial charge on any atom is 0.126 e. The molecule has 5 heterocycles. The molecule has 7 rings (SSSR count). The number of para-hydroxylation sites is 2. The number of pyridine rings is 2. The summed E-state index contributed by atoms with van der Waals surface area (Å²) in [6, 6.07) is 22.8. The minimum atomic E-state index is -0.146. The number of hydrogen-bond acceptors (Lipinski definition) is 4. The summed E-state index contributed by atoms with van der Waals surface area (Å²) >= 11 is 0. The van der Waals surface area contributed by atoms with Crippen LogP contribution < -0.4 is 0 Å². The predicted octanol–water partition coefficient (Wildman–Crippen LogP) is 7.16. The van der Waals surface area contributed by atoms with Crippen LogP contribution in [0.2, 0.25) is 0 Å². The third-order valence-corrected chi connectivity index (χ3v) is 7.79. The second-order valence-corrected chi connectivity index (χ2v) is 11.3. The summed E-state index contributed by atoms with van der Waals surface area (Å²) in [5, 5.41) is 22.1. The Morgan fingerprint density at radius 3 is 1.47 bits per heavy atom. The summed E-state index contributed by atoms with van der Waals surface area (Å²) in [6.45, 7) is 9.14. The van der Waals surface area contributed by atoms with Gasteiger partial charge in [0.1, 0.15) is 28.2 Å². The van der Waals surface area contributed by atoms with Gasteiger partial charge in [0.25, 0.3) is 0 Å². The molecule has 0 bridgehead atoms. The van der Waals surface area contributed by atoms with E-state index in [0.717, 1.165) is 50.9 Å². The van der Waals surface area contributed by atoms with Crippen molar-refractivity contribution in [1.29, 1.82) is 0 Å². The van der Waals surface area contributed by atoms with E-state index in [4.69, 9.17) is 9.97 Å². The van der Waals surface area contributed by atoms with Crippen molar-refractivity contribution in [2.45, 2.75) is 45.2 Å². The van der Waals surface area contributed by atoms with Crippen molar-refractivity contribution in [2.24, 2.45) is 0 Å². The van der Waals surface area contributed by atoms with Crippen LogP contribution in [-0.2, 0) is 32.1 Å². The fourth-order valence-corrected chi connectivity index (χ4v) is 6.63. The topological polar surface area (TPSA) is 76.1 Å². The number of aromatic hydroxyl groups is 2. The zero-order valence-electron chi connectivity index (χ0n) is 21.6. The number of phenolic OH excluding ortho intramolecular Hbond substituents is 2. The van der Waals surface area contributed by atoms with Crippen molar-refractivity contribution in [2.75, 3.05) is 0 Å². The molecule has 0 spiro atoms. The van der Waals surface area contributed by atoms with Gasteiger partial charge in [-0.2, -0.15) is 0 Å². The van der Waals surface area contributed by atoms with E-state index in [9.17, 15) is 10.2 Å². The van der Waals surface area contributed by atoms with Gasteiger partial charge in [0, 0.05) is 43.3 Å². The Bertz CT molecular complexity index is 1760. The first kappa shape index (κ1) is 24.7. The summed E-state index contributed by atoms with van der Waals surface area (Å²) in [5.41, 5.74) is 7.49. The normalized spacial score (nSPS) is 15.7. The van der Waals surface area contributed by atoms with Crippen LogP contribution >= 0.6 is 0 Å². The van der Waals surface area contributed by atoms with Crippen LogP contribution in [0.5, 0.6) is 11.5 Å². The Kier molecular flexibility index (Phi) is 5.32. The molecule has 6 aromatic rings. The predicted molar refractivity (Wildman–Crippen MR) is 148 cm³/mol. The van der Waals surface area contributed by atoms with Crippen molar-refractivity contribution >= 4 is 33.1 Å². The second-order valence-electron chi connectivity index (χ2n) is 11.3.